The predicted octanol–water partition coefficient (Wildman–Crippen LogP) is 3.82. The number of hydrogen-bond donors (Lipinski definition) is 1. The molecule has 16 heavy (non-hydrogen) atoms. The lowest BCUT2D eigenvalue weighted by molar-refractivity contribution is 0.0702. The molecule has 0 fully saturated rings. The van der Waals surface area contributed by atoms with Gasteiger partial charge in [-0.3, -0.25) is 0 Å². The Labute approximate surface area is 105 Å². The Morgan fingerprint density at radius 1 is 1.25 bits per heavy atom. The van der Waals surface area contributed by atoms with Crippen molar-refractivity contribution in [2.45, 2.75) is 0 Å². The second kappa shape index (κ2) is 4.41. The van der Waals surface area contributed by atoms with Crippen molar-refractivity contribution in [3.63, 3.8) is 0 Å². The third-order valence-corrected chi connectivity index (χ3v) is 3.51. The van der Waals surface area contributed by atoms with E-state index in [1.54, 1.807) is 24.3 Å². The molecule has 0 aliphatic carbocycles. The molecule has 2 rings (SSSR count). The van der Waals surface area contributed by atoms with Gasteiger partial charge in [-0.25, -0.2) is 4.79 Å². The highest BCUT2D eigenvalue weighted by molar-refractivity contribution is 7.09. The zero-order chi connectivity index (χ0) is 11.7. The van der Waals surface area contributed by atoms with E-state index in [1.165, 1.54) is 0 Å². The highest BCUT2D eigenvalue weighted by Gasteiger charge is 2.18. The van der Waals surface area contributed by atoms with Gasteiger partial charge in [-0.2, -0.15) is 4.37 Å². The maximum Gasteiger partial charge on any atom is 0.349 e. The van der Waals surface area contributed by atoms with Gasteiger partial charge in [-0.05, 0) is 23.7 Å². The number of carboxylic acid groups (broad SMARTS) is 1. The van der Waals surface area contributed by atoms with Crippen LogP contribution in [0.3, 0.4) is 0 Å². The molecule has 82 valence electrons. The Morgan fingerprint density at radius 2 is 1.88 bits per heavy atom. The summed E-state index contributed by atoms with van der Waals surface area (Å²) in [5.41, 5.74) is 1.22. The summed E-state index contributed by atoms with van der Waals surface area (Å²) in [7, 11) is 0. The summed E-state index contributed by atoms with van der Waals surface area (Å²) >= 11 is 12.5. The van der Waals surface area contributed by atoms with Crippen LogP contribution in [-0.4, -0.2) is 15.4 Å². The third-order valence-electron chi connectivity index (χ3n) is 1.95. The van der Waals surface area contributed by atoms with Gasteiger partial charge in [-0.15, -0.1) is 0 Å². The van der Waals surface area contributed by atoms with Gasteiger partial charge in [-0.1, -0.05) is 35.3 Å². The molecular weight excluding hydrogens is 269 g/mol. The van der Waals surface area contributed by atoms with Crippen LogP contribution in [-0.2, 0) is 0 Å². The van der Waals surface area contributed by atoms with Crippen LogP contribution in [0.1, 0.15) is 9.67 Å². The van der Waals surface area contributed by atoms with Crippen molar-refractivity contribution in [3.05, 3.63) is 39.2 Å². The maximum absolute atomic E-state index is 10.8. The van der Waals surface area contributed by atoms with Crippen LogP contribution in [0.2, 0.25) is 10.0 Å². The molecule has 0 radical (unpaired) electrons. The molecule has 6 heteroatoms. The van der Waals surface area contributed by atoms with Crippen molar-refractivity contribution in [1.29, 1.82) is 0 Å². The van der Waals surface area contributed by atoms with Gasteiger partial charge in [0.25, 0.3) is 0 Å². The second-order valence-corrected chi connectivity index (χ2v) is 4.57. The first-order valence-corrected chi connectivity index (χ1v) is 5.77. The third kappa shape index (κ3) is 2.04. The molecule has 0 aliphatic heterocycles. The van der Waals surface area contributed by atoms with E-state index in [1.807, 2.05) is 0 Å². The Balaban J connectivity index is 2.49. The molecule has 0 saturated carbocycles. The molecule has 1 aromatic carbocycles. The lowest BCUT2D eigenvalue weighted by Gasteiger charge is -1.97. The fourth-order valence-corrected chi connectivity index (χ4v) is 2.35. The summed E-state index contributed by atoms with van der Waals surface area (Å²) in [6.45, 7) is 0. The minimum Gasteiger partial charge on any atom is -0.477 e. The monoisotopic (exact) mass is 273 g/mol. The lowest BCUT2D eigenvalue weighted by Crippen LogP contribution is -1.92. The second-order valence-electron chi connectivity index (χ2n) is 2.99. The number of halogens is 2. The van der Waals surface area contributed by atoms with E-state index in [0.29, 0.717) is 10.7 Å². The van der Waals surface area contributed by atoms with Gasteiger partial charge in [0, 0.05) is 10.6 Å². The van der Waals surface area contributed by atoms with Crippen molar-refractivity contribution in [3.8, 4) is 11.3 Å². The molecule has 2 aromatic rings. The Bertz CT molecular complexity index is 536. The first-order valence-electron chi connectivity index (χ1n) is 4.24. The van der Waals surface area contributed by atoms with Gasteiger partial charge in [0.2, 0.25) is 0 Å². The molecule has 1 aromatic heterocycles. The lowest BCUT2D eigenvalue weighted by atomic mass is 10.1. The highest BCUT2D eigenvalue weighted by atomic mass is 35.5. The van der Waals surface area contributed by atoms with Crippen LogP contribution in [0.5, 0.6) is 0 Å². The molecule has 0 bridgehead atoms. The summed E-state index contributed by atoms with van der Waals surface area (Å²) in [5, 5.41) is 9.61. The smallest absolute Gasteiger partial charge is 0.349 e. The Hall–Kier alpha value is -1.10. The molecule has 1 heterocycles. The SMILES string of the molecule is O=C(O)c1snc(-c2ccc(Cl)cc2)c1Cl. The minimum absolute atomic E-state index is 0.0478. The van der Waals surface area contributed by atoms with E-state index >= 15 is 0 Å². The van der Waals surface area contributed by atoms with Gasteiger partial charge in [0.15, 0.2) is 4.88 Å². The average molecular weight is 274 g/mol. The molecule has 1 N–H and O–H groups in total. The van der Waals surface area contributed by atoms with E-state index in [-0.39, 0.29) is 9.90 Å². The number of benzene rings is 1. The molecule has 0 atom stereocenters. The molecule has 0 amide bonds. The molecule has 0 saturated heterocycles. The Kier molecular flexibility index (Phi) is 3.14. The molecular formula is C10H5Cl2NO2S. The number of aromatic carboxylic acids is 1. The summed E-state index contributed by atoms with van der Waals surface area (Å²) in [5.74, 6) is -1.07. The zero-order valence-electron chi connectivity index (χ0n) is 7.78. The number of hydrogen-bond acceptors (Lipinski definition) is 3. The van der Waals surface area contributed by atoms with Gasteiger partial charge >= 0.3 is 5.97 Å². The quantitative estimate of drug-likeness (QED) is 0.905. The fraction of sp³-hybridized carbons (Fsp3) is 0. The van der Waals surface area contributed by atoms with Crippen LogP contribution < -0.4 is 0 Å². The van der Waals surface area contributed by atoms with Crippen molar-refractivity contribution in [2.24, 2.45) is 0 Å². The Morgan fingerprint density at radius 3 is 2.38 bits per heavy atom. The zero-order valence-corrected chi connectivity index (χ0v) is 10.1. The number of rotatable bonds is 2. The van der Waals surface area contributed by atoms with E-state index in [2.05, 4.69) is 4.37 Å². The maximum atomic E-state index is 10.8. The summed E-state index contributed by atoms with van der Waals surface area (Å²) in [6.07, 6.45) is 0. The first-order chi connectivity index (χ1) is 7.59. The number of carbonyl (C=O) groups is 1. The van der Waals surface area contributed by atoms with Crippen LogP contribution in [0.15, 0.2) is 24.3 Å². The summed E-state index contributed by atoms with van der Waals surface area (Å²) in [4.78, 5) is 10.8. The first kappa shape index (κ1) is 11.4. The summed E-state index contributed by atoms with van der Waals surface area (Å²) in [6, 6.07) is 6.89. The van der Waals surface area contributed by atoms with E-state index in [4.69, 9.17) is 28.3 Å². The van der Waals surface area contributed by atoms with Crippen LogP contribution >= 0.6 is 34.7 Å². The largest absolute Gasteiger partial charge is 0.477 e. The normalized spacial score (nSPS) is 10.4. The van der Waals surface area contributed by atoms with Crippen molar-refractivity contribution in [2.75, 3.05) is 0 Å². The number of aromatic nitrogens is 1. The van der Waals surface area contributed by atoms with E-state index in [0.717, 1.165) is 17.1 Å². The highest BCUT2D eigenvalue weighted by Crippen LogP contribution is 2.33. The predicted molar refractivity (Wildman–Crippen MR) is 64.5 cm³/mol. The van der Waals surface area contributed by atoms with Crippen LogP contribution in [0.25, 0.3) is 11.3 Å². The standard InChI is InChI=1S/C10H5Cl2NO2S/c11-6-3-1-5(2-4-6)8-7(12)9(10(14)15)16-13-8/h1-4H,(H,14,15). The number of nitrogens with zero attached hydrogens (tertiary/aromatic N) is 1. The van der Waals surface area contributed by atoms with Crippen molar-refractivity contribution < 1.29 is 9.90 Å². The summed E-state index contributed by atoms with van der Waals surface area (Å²) < 4.78 is 4.02. The molecule has 0 unspecified atom stereocenters. The van der Waals surface area contributed by atoms with Gasteiger partial charge in [0.05, 0.1) is 5.02 Å². The molecule has 3 nitrogen and oxygen atoms in total. The van der Waals surface area contributed by atoms with Gasteiger partial charge < -0.3 is 5.11 Å². The number of carboxylic acids is 1. The van der Waals surface area contributed by atoms with Crippen molar-refractivity contribution in [1.82, 2.24) is 4.37 Å². The van der Waals surface area contributed by atoms with Crippen LogP contribution in [0.4, 0.5) is 0 Å². The average Bonchev–Trinajstić information content (AvgIpc) is 2.61. The molecule has 0 spiro atoms. The van der Waals surface area contributed by atoms with Crippen LogP contribution in [0, 0.1) is 0 Å². The fourth-order valence-electron chi connectivity index (χ4n) is 1.20. The van der Waals surface area contributed by atoms with Crippen molar-refractivity contribution >= 4 is 40.7 Å². The topological polar surface area (TPSA) is 50.2 Å². The minimum atomic E-state index is -1.07. The van der Waals surface area contributed by atoms with Gasteiger partial charge in [0.1, 0.15) is 5.69 Å². The van der Waals surface area contributed by atoms with E-state index in [9.17, 15) is 4.79 Å². The molecule has 0 aliphatic rings. The van der Waals surface area contributed by atoms with E-state index < -0.39 is 5.97 Å².